The van der Waals surface area contributed by atoms with E-state index in [1.165, 1.54) is 22.2 Å². The quantitative estimate of drug-likeness (QED) is 0.549. The second-order valence-electron chi connectivity index (χ2n) is 4.37. The van der Waals surface area contributed by atoms with Gasteiger partial charge in [-0.1, -0.05) is 18.2 Å². The number of thiazole rings is 1. The van der Waals surface area contributed by atoms with Crippen molar-refractivity contribution < 1.29 is 0 Å². The molecule has 0 amide bonds. The minimum atomic E-state index is 1.04. The van der Waals surface area contributed by atoms with E-state index in [0.29, 0.717) is 0 Å². The Bertz CT molecular complexity index is 850. The number of aryl methyl sites for hydroxylation is 1. The Hall–Kier alpha value is -2.07. The van der Waals surface area contributed by atoms with Crippen LogP contribution in [0.25, 0.3) is 27.1 Å². The molecule has 0 spiro atoms. The highest BCUT2D eigenvalue weighted by Crippen LogP contribution is 2.33. The summed E-state index contributed by atoms with van der Waals surface area (Å²) >= 11 is 1.66. The first-order valence-corrected chi connectivity index (χ1v) is 6.71. The summed E-state index contributed by atoms with van der Waals surface area (Å²) in [7, 11) is 0. The molecule has 3 nitrogen and oxygen atoms in total. The van der Waals surface area contributed by atoms with Crippen LogP contribution in [0.5, 0.6) is 0 Å². The molecule has 0 saturated heterocycles. The summed E-state index contributed by atoms with van der Waals surface area (Å²) in [5.41, 5.74) is 4.76. The minimum absolute atomic E-state index is 1.04. The molecule has 0 saturated carbocycles. The molecule has 3 aromatic heterocycles. The van der Waals surface area contributed by atoms with Crippen LogP contribution in [0.3, 0.4) is 0 Å². The molecule has 0 fully saturated rings. The van der Waals surface area contributed by atoms with Gasteiger partial charge in [0.15, 0.2) is 4.96 Å². The van der Waals surface area contributed by atoms with Crippen molar-refractivity contribution in [3.8, 4) is 11.3 Å². The number of aromatic nitrogens is 3. The first-order chi connectivity index (χ1) is 8.84. The molecule has 0 bridgehead atoms. The van der Waals surface area contributed by atoms with Crippen molar-refractivity contribution >= 4 is 27.2 Å². The summed E-state index contributed by atoms with van der Waals surface area (Å²) in [6.07, 6.45) is 4.03. The van der Waals surface area contributed by atoms with Gasteiger partial charge in [0, 0.05) is 33.7 Å². The number of fused-ring (bicyclic) bond motifs is 2. The molecule has 88 valence electrons. The van der Waals surface area contributed by atoms with Crippen LogP contribution in [-0.2, 0) is 0 Å². The fourth-order valence-electron chi connectivity index (χ4n) is 2.52. The molecular weight excluding hydrogens is 242 g/mol. The van der Waals surface area contributed by atoms with Gasteiger partial charge in [0.1, 0.15) is 0 Å². The smallest absolute Gasteiger partial charge is 0.194 e. The van der Waals surface area contributed by atoms with E-state index < -0.39 is 0 Å². The van der Waals surface area contributed by atoms with Gasteiger partial charge in [-0.05, 0) is 13.0 Å². The van der Waals surface area contributed by atoms with Crippen molar-refractivity contribution in [1.29, 1.82) is 0 Å². The van der Waals surface area contributed by atoms with Gasteiger partial charge in [0.2, 0.25) is 0 Å². The van der Waals surface area contributed by atoms with E-state index in [0.717, 1.165) is 10.7 Å². The van der Waals surface area contributed by atoms with Crippen LogP contribution in [0.4, 0.5) is 0 Å². The standard InChI is InChI=1S/C14H11N3S/c1-9-13(10-4-2-3-5-11(10)16-9)12-8-15-14-17(12)6-7-18-14/h2-8,16H,1H3. The van der Waals surface area contributed by atoms with Gasteiger partial charge in [0.25, 0.3) is 0 Å². The lowest BCUT2D eigenvalue weighted by Crippen LogP contribution is -1.84. The van der Waals surface area contributed by atoms with E-state index in [-0.39, 0.29) is 0 Å². The molecule has 0 unspecified atom stereocenters. The summed E-state index contributed by atoms with van der Waals surface area (Å²) in [6, 6.07) is 8.39. The predicted octanol–water partition coefficient (Wildman–Crippen LogP) is 3.85. The third-order valence-corrected chi connectivity index (χ3v) is 4.07. The highest BCUT2D eigenvalue weighted by atomic mass is 32.1. The maximum absolute atomic E-state index is 4.45. The van der Waals surface area contributed by atoms with Crippen LogP contribution in [0.1, 0.15) is 5.69 Å². The Morgan fingerprint density at radius 2 is 2.17 bits per heavy atom. The summed E-state index contributed by atoms with van der Waals surface area (Å²) in [4.78, 5) is 8.92. The van der Waals surface area contributed by atoms with Crippen LogP contribution in [0, 0.1) is 6.92 Å². The average Bonchev–Trinajstić information content (AvgIpc) is 3.01. The zero-order valence-corrected chi connectivity index (χ0v) is 10.7. The summed E-state index contributed by atoms with van der Waals surface area (Å²) < 4.78 is 2.15. The topological polar surface area (TPSA) is 33.1 Å². The average molecular weight is 253 g/mol. The molecule has 0 aliphatic rings. The molecule has 18 heavy (non-hydrogen) atoms. The summed E-state index contributed by atoms with van der Waals surface area (Å²) in [6.45, 7) is 2.11. The number of nitrogens with one attached hydrogen (secondary N) is 1. The number of H-pyrrole nitrogens is 1. The number of nitrogens with zero attached hydrogens (tertiary/aromatic N) is 2. The molecule has 3 heterocycles. The maximum atomic E-state index is 4.45. The van der Waals surface area contributed by atoms with Gasteiger partial charge in [0.05, 0.1) is 11.9 Å². The fraction of sp³-hybridized carbons (Fsp3) is 0.0714. The highest BCUT2D eigenvalue weighted by Gasteiger charge is 2.14. The highest BCUT2D eigenvalue weighted by molar-refractivity contribution is 7.15. The predicted molar refractivity (Wildman–Crippen MR) is 75.1 cm³/mol. The normalized spacial score (nSPS) is 11.6. The Morgan fingerprint density at radius 1 is 1.28 bits per heavy atom. The van der Waals surface area contributed by atoms with E-state index in [4.69, 9.17) is 0 Å². The lowest BCUT2D eigenvalue weighted by molar-refractivity contribution is 1.22. The minimum Gasteiger partial charge on any atom is -0.358 e. The summed E-state index contributed by atoms with van der Waals surface area (Å²) in [5.74, 6) is 0. The first-order valence-electron chi connectivity index (χ1n) is 5.83. The Balaban J connectivity index is 2.14. The number of hydrogen-bond donors (Lipinski definition) is 1. The lowest BCUT2D eigenvalue weighted by Gasteiger charge is -1.99. The van der Waals surface area contributed by atoms with E-state index >= 15 is 0 Å². The Labute approximate surface area is 108 Å². The van der Waals surface area contributed by atoms with Gasteiger partial charge >= 0.3 is 0 Å². The van der Waals surface area contributed by atoms with Crippen molar-refractivity contribution in [1.82, 2.24) is 14.4 Å². The maximum Gasteiger partial charge on any atom is 0.194 e. The largest absolute Gasteiger partial charge is 0.358 e. The molecule has 0 radical (unpaired) electrons. The second-order valence-corrected chi connectivity index (χ2v) is 5.24. The molecular formula is C14H11N3S. The summed E-state index contributed by atoms with van der Waals surface area (Å²) in [5, 5.41) is 3.32. The molecule has 4 heteroatoms. The number of imidazole rings is 1. The molecule has 4 rings (SSSR count). The SMILES string of the molecule is Cc1[nH]c2ccccc2c1-c1cnc2sccn12. The van der Waals surface area contributed by atoms with Crippen molar-refractivity contribution in [2.45, 2.75) is 6.92 Å². The van der Waals surface area contributed by atoms with Gasteiger partial charge in [-0.15, -0.1) is 11.3 Å². The molecule has 4 aromatic rings. The monoisotopic (exact) mass is 253 g/mol. The van der Waals surface area contributed by atoms with Crippen molar-refractivity contribution in [3.05, 3.63) is 47.7 Å². The van der Waals surface area contributed by atoms with Crippen molar-refractivity contribution in [2.24, 2.45) is 0 Å². The van der Waals surface area contributed by atoms with Crippen LogP contribution in [0.15, 0.2) is 42.0 Å². The number of rotatable bonds is 1. The van der Waals surface area contributed by atoms with Crippen LogP contribution < -0.4 is 0 Å². The second kappa shape index (κ2) is 3.46. The van der Waals surface area contributed by atoms with Crippen LogP contribution in [-0.4, -0.2) is 14.4 Å². The van der Waals surface area contributed by atoms with Crippen molar-refractivity contribution in [2.75, 3.05) is 0 Å². The van der Waals surface area contributed by atoms with Gasteiger partial charge in [-0.2, -0.15) is 0 Å². The number of benzene rings is 1. The zero-order valence-electron chi connectivity index (χ0n) is 9.84. The van der Waals surface area contributed by atoms with Crippen molar-refractivity contribution in [3.63, 3.8) is 0 Å². The molecule has 0 atom stereocenters. The molecule has 0 aliphatic carbocycles. The molecule has 0 aliphatic heterocycles. The third-order valence-electron chi connectivity index (χ3n) is 3.30. The van der Waals surface area contributed by atoms with E-state index in [2.05, 4.69) is 57.1 Å². The first kappa shape index (κ1) is 9.91. The molecule has 1 N–H and O–H groups in total. The van der Waals surface area contributed by atoms with E-state index in [1.807, 2.05) is 6.20 Å². The number of para-hydroxylation sites is 1. The lowest BCUT2D eigenvalue weighted by atomic mass is 10.1. The van der Waals surface area contributed by atoms with E-state index in [1.54, 1.807) is 11.3 Å². The van der Waals surface area contributed by atoms with Crippen LogP contribution >= 0.6 is 11.3 Å². The van der Waals surface area contributed by atoms with Crippen LogP contribution in [0.2, 0.25) is 0 Å². The zero-order chi connectivity index (χ0) is 12.1. The van der Waals surface area contributed by atoms with Gasteiger partial charge in [-0.25, -0.2) is 4.98 Å². The Kier molecular flexibility index (Phi) is 1.91. The van der Waals surface area contributed by atoms with Gasteiger partial charge < -0.3 is 4.98 Å². The fourth-order valence-corrected chi connectivity index (χ4v) is 3.21. The Morgan fingerprint density at radius 3 is 3.11 bits per heavy atom. The third kappa shape index (κ3) is 1.21. The number of aromatic amines is 1. The van der Waals surface area contributed by atoms with Gasteiger partial charge in [-0.3, -0.25) is 4.40 Å². The van der Waals surface area contributed by atoms with E-state index in [9.17, 15) is 0 Å². The molecule has 1 aromatic carbocycles. The number of hydrogen-bond acceptors (Lipinski definition) is 2.